The zero-order chi connectivity index (χ0) is 14.1. The van der Waals surface area contributed by atoms with E-state index in [1.165, 1.54) is 4.90 Å². The highest BCUT2D eigenvalue weighted by Crippen LogP contribution is 2.29. The molecule has 2 aliphatic rings. The minimum Gasteiger partial charge on any atom is -0.492 e. The number of ether oxygens (including phenoxy) is 1. The van der Waals surface area contributed by atoms with Crippen LogP contribution in [0.25, 0.3) is 0 Å². The van der Waals surface area contributed by atoms with Gasteiger partial charge in [0, 0.05) is 44.0 Å². The Hall–Kier alpha value is -1.95. The minimum absolute atomic E-state index is 0.0764. The maximum absolute atomic E-state index is 10.9. The van der Waals surface area contributed by atoms with Crippen molar-refractivity contribution in [3.63, 3.8) is 0 Å². The smallest absolute Gasteiger partial charge is 0.407 e. The molecular formula is C14H19N3O3. The fourth-order valence-corrected chi connectivity index (χ4v) is 2.74. The molecule has 1 fully saturated rings. The molecule has 0 aromatic heterocycles. The molecule has 1 atom stereocenters. The van der Waals surface area contributed by atoms with E-state index in [0.29, 0.717) is 32.8 Å². The molecule has 1 aromatic carbocycles. The molecule has 0 radical (unpaired) electrons. The van der Waals surface area contributed by atoms with Gasteiger partial charge in [-0.1, -0.05) is 6.07 Å². The van der Waals surface area contributed by atoms with Crippen molar-refractivity contribution in [1.29, 1.82) is 0 Å². The number of hydrogen-bond acceptors (Lipinski definition) is 4. The molecule has 1 aromatic rings. The third-order valence-electron chi connectivity index (χ3n) is 3.90. The Morgan fingerprint density at radius 3 is 2.75 bits per heavy atom. The summed E-state index contributed by atoms with van der Waals surface area (Å²) < 4.78 is 5.67. The Kier molecular flexibility index (Phi) is 3.40. The summed E-state index contributed by atoms with van der Waals surface area (Å²) in [6.45, 7) is 3.06. The molecule has 0 spiro atoms. The van der Waals surface area contributed by atoms with E-state index in [9.17, 15) is 4.79 Å². The quantitative estimate of drug-likeness (QED) is 0.792. The van der Waals surface area contributed by atoms with E-state index < -0.39 is 6.09 Å². The number of anilines is 1. The van der Waals surface area contributed by atoms with E-state index in [-0.39, 0.29) is 6.04 Å². The standard InChI is InChI=1S/C14H19N3O3/c15-11-7-10-1-2-12(8-13(10)20-9-11)16-3-5-17(6-4-16)14(18)19/h1-2,8,11H,3-7,9,15H2,(H,18,19)/t11-/m0/s1. The van der Waals surface area contributed by atoms with Crippen molar-refractivity contribution in [2.45, 2.75) is 12.5 Å². The van der Waals surface area contributed by atoms with Gasteiger partial charge in [-0.15, -0.1) is 0 Å². The lowest BCUT2D eigenvalue weighted by Crippen LogP contribution is -2.48. The predicted molar refractivity (Wildman–Crippen MR) is 75.4 cm³/mol. The van der Waals surface area contributed by atoms with Gasteiger partial charge >= 0.3 is 6.09 Å². The van der Waals surface area contributed by atoms with Gasteiger partial charge in [0.25, 0.3) is 0 Å². The first-order valence-corrected chi connectivity index (χ1v) is 6.87. The van der Waals surface area contributed by atoms with E-state index in [4.69, 9.17) is 15.6 Å². The van der Waals surface area contributed by atoms with Crippen LogP contribution in [-0.4, -0.2) is 54.9 Å². The number of nitrogens with zero attached hydrogens (tertiary/aromatic N) is 2. The van der Waals surface area contributed by atoms with Crippen LogP contribution in [0.1, 0.15) is 5.56 Å². The van der Waals surface area contributed by atoms with Gasteiger partial charge in [-0.25, -0.2) is 4.79 Å². The molecule has 0 unspecified atom stereocenters. The van der Waals surface area contributed by atoms with Crippen molar-refractivity contribution >= 4 is 11.8 Å². The third kappa shape index (κ3) is 2.51. The second-order valence-corrected chi connectivity index (χ2v) is 5.32. The Bertz CT molecular complexity index is 512. The molecule has 0 aliphatic carbocycles. The van der Waals surface area contributed by atoms with Crippen LogP contribution in [0.15, 0.2) is 18.2 Å². The zero-order valence-electron chi connectivity index (χ0n) is 11.3. The summed E-state index contributed by atoms with van der Waals surface area (Å²) >= 11 is 0. The average molecular weight is 277 g/mol. The van der Waals surface area contributed by atoms with Crippen LogP contribution in [0, 0.1) is 0 Å². The topological polar surface area (TPSA) is 79.0 Å². The SMILES string of the molecule is N[C@@H]1COc2cc(N3CCN(C(=O)O)CC3)ccc2C1. The number of piperazine rings is 1. The summed E-state index contributed by atoms with van der Waals surface area (Å²) in [5.74, 6) is 0.907. The summed E-state index contributed by atoms with van der Waals surface area (Å²) in [5, 5.41) is 8.95. The van der Waals surface area contributed by atoms with Crippen molar-refractivity contribution in [3.05, 3.63) is 23.8 Å². The molecule has 0 saturated carbocycles. The van der Waals surface area contributed by atoms with E-state index in [1.54, 1.807) is 0 Å². The maximum atomic E-state index is 10.9. The summed E-state index contributed by atoms with van der Waals surface area (Å²) in [5.41, 5.74) is 8.11. The number of hydrogen-bond donors (Lipinski definition) is 2. The number of nitrogens with two attached hydrogens (primary N) is 1. The lowest BCUT2D eigenvalue weighted by atomic mass is 10.0. The number of benzene rings is 1. The third-order valence-corrected chi connectivity index (χ3v) is 3.90. The lowest BCUT2D eigenvalue weighted by molar-refractivity contribution is 0.142. The fraction of sp³-hybridized carbons (Fsp3) is 0.500. The molecule has 1 saturated heterocycles. The number of amides is 1. The minimum atomic E-state index is -0.840. The molecule has 6 heteroatoms. The van der Waals surface area contributed by atoms with E-state index in [2.05, 4.69) is 17.0 Å². The van der Waals surface area contributed by atoms with Crippen LogP contribution in [0.4, 0.5) is 10.5 Å². The van der Waals surface area contributed by atoms with Crippen molar-refractivity contribution < 1.29 is 14.6 Å². The largest absolute Gasteiger partial charge is 0.492 e. The highest BCUT2D eigenvalue weighted by Gasteiger charge is 2.22. The Morgan fingerprint density at radius 1 is 1.30 bits per heavy atom. The molecule has 3 N–H and O–H groups in total. The Labute approximate surface area is 117 Å². The first kappa shape index (κ1) is 13.1. The van der Waals surface area contributed by atoms with Gasteiger partial charge in [0.2, 0.25) is 0 Å². The van der Waals surface area contributed by atoms with E-state index >= 15 is 0 Å². The molecule has 20 heavy (non-hydrogen) atoms. The summed E-state index contributed by atoms with van der Waals surface area (Å²) in [6.07, 6.45) is 0.00925. The van der Waals surface area contributed by atoms with Crippen LogP contribution in [0.5, 0.6) is 5.75 Å². The summed E-state index contributed by atoms with van der Waals surface area (Å²) in [6, 6.07) is 6.24. The number of rotatable bonds is 1. The Morgan fingerprint density at radius 2 is 2.05 bits per heavy atom. The average Bonchev–Trinajstić information content (AvgIpc) is 2.47. The maximum Gasteiger partial charge on any atom is 0.407 e. The Balaban J connectivity index is 1.71. The summed E-state index contributed by atoms with van der Waals surface area (Å²) in [4.78, 5) is 14.5. The lowest BCUT2D eigenvalue weighted by Gasteiger charge is -2.35. The van der Waals surface area contributed by atoms with Gasteiger partial charge in [-0.3, -0.25) is 0 Å². The molecular weight excluding hydrogens is 258 g/mol. The van der Waals surface area contributed by atoms with E-state index in [1.807, 2.05) is 6.07 Å². The number of carboxylic acid groups (broad SMARTS) is 1. The van der Waals surface area contributed by atoms with Crippen molar-refractivity contribution in [1.82, 2.24) is 4.90 Å². The first-order chi connectivity index (χ1) is 9.63. The van der Waals surface area contributed by atoms with Crippen LogP contribution in [0.3, 0.4) is 0 Å². The number of carbonyl (C=O) groups is 1. The molecule has 2 heterocycles. The first-order valence-electron chi connectivity index (χ1n) is 6.87. The van der Waals surface area contributed by atoms with Gasteiger partial charge in [0.15, 0.2) is 0 Å². The van der Waals surface area contributed by atoms with Gasteiger partial charge < -0.3 is 25.4 Å². The van der Waals surface area contributed by atoms with E-state index in [0.717, 1.165) is 23.4 Å². The van der Waals surface area contributed by atoms with Gasteiger partial charge in [0.05, 0.1) is 0 Å². The normalized spacial score (nSPS) is 22.1. The van der Waals surface area contributed by atoms with Crippen LogP contribution in [-0.2, 0) is 6.42 Å². The number of fused-ring (bicyclic) bond motifs is 1. The van der Waals surface area contributed by atoms with Gasteiger partial charge in [-0.05, 0) is 18.1 Å². The van der Waals surface area contributed by atoms with Gasteiger partial charge in [0.1, 0.15) is 12.4 Å². The second kappa shape index (κ2) is 5.20. The van der Waals surface area contributed by atoms with Gasteiger partial charge in [-0.2, -0.15) is 0 Å². The van der Waals surface area contributed by atoms with Crippen molar-refractivity contribution in [3.8, 4) is 5.75 Å². The highest BCUT2D eigenvalue weighted by atomic mass is 16.5. The highest BCUT2D eigenvalue weighted by molar-refractivity contribution is 5.65. The zero-order valence-corrected chi connectivity index (χ0v) is 11.3. The molecule has 1 amide bonds. The van der Waals surface area contributed by atoms with Crippen LogP contribution in [0.2, 0.25) is 0 Å². The monoisotopic (exact) mass is 277 g/mol. The van der Waals surface area contributed by atoms with Crippen LogP contribution >= 0.6 is 0 Å². The predicted octanol–water partition coefficient (Wildman–Crippen LogP) is 0.749. The second-order valence-electron chi connectivity index (χ2n) is 5.32. The molecule has 3 rings (SSSR count). The fourth-order valence-electron chi connectivity index (χ4n) is 2.74. The molecule has 0 bridgehead atoms. The molecule has 6 nitrogen and oxygen atoms in total. The van der Waals surface area contributed by atoms with Crippen molar-refractivity contribution in [2.75, 3.05) is 37.7 Å². The molecule has 108 valence electrons. The summed E-state index contributed by atoms with van der Waals surface area (Å²) in [7, 11) is 0. The van der Waals surface area contributed by atoms with Crippen LogP contribution < -0.4 is 15.4 Å². The molecule has 2 aliphatic heterocycles. The van der Waals surface area contributed by atoms with Crippen molar-refractivity contribution in [2.24, 2.45) is 5.73 Å².